The number of aromatic amines is 1. The highest BCUT2D eigenvalue weighted by Crippen LogP contribution is 2.26. The van der Waals surface area contributed by atoms with Crippen molar-refractivity contribution in [2.24, 2.45) is 0 Å². The van der Waals surface area contributed by atoms with Crippen molar-refractivity contribution in [2.75, 3.05) is 0 Å². The Morgan fingerprint density at radius 1 is 1.30 bits per heavy atom. The molecule has 0 spiro atoms. The van der Waals surface area contributed by atoms with Crippen LogP contribution < -0.4 is 4.74 Å². The van der Waals surface area contributed by atoms with Crippen molar-refractivity contribution in [3.05, 3.63) is 53.3 Å². The molecule has 98 valence electrons. The average Bonchev–Trinajstić information content (AvgIpc) is 2.96. The normalized spacial score (nSPS) is 10.4. The summed E-state index contributed by atoms with van der Waals surface area (Å²) < 4.78 is 5.70. The highest BCUT2D eigenvalue weighted by molar-refractivity contribution is 5.87. The number of nitrogens with one attached hydrogen (secondary N) is 1. The maximum Gasteiger partial charge on any atom is 0.233 e. The number of rotatable bonds is 3. The molecule has 3 aromatic rings. The van der Waals surface area contributed by atoms with E-state index in [0.29, 0.717) is 18.1 Å². The molecular weight excluding hydrogens is 252 g/mol. The van der Waals surface area contributed by atoms with Crippen molar-refractivity contribution < 1.29 is 4.74 Å². The number of hydrogen-bond acceptors (Lipinski definition) is 4. The molecule has 0 aliphatic carbocycles. The molecule has 1 aromatic carbocycles. The number of aryl methyl sites for hydroxylation is 1. The Hall–Kier alpha value is -2.87. The maximum absolute atomic E-state index is 9.31. The molecule has 0 atom stereocenters. The summed E-state index contributed by atoms with van der Waals surface area (Å²) in [6.07, 6.45) is 1.62. The third-order valence-corrected chi connectivity index (χ3v) is 3.08. The summed E-state index contributed by atoms with van der Waals surface area (Å²) >= 11 is 0. The molecule has 3 rings (SSSR count). The first kappa shape index (κ1) is 12.2. The highest BCUT2D eigenvalue weighted by Gasteiger charge is 2.14. The number of fused-ring (bicyclic) bond motifs is 1. The monoisotopic (exact) mass is 264 g/mol. The average molecular weight is 264 g/mol. The number of hydrogen-bond donors (Lipinski definition) is 1. The van der Waals surface area contributed by atoms with E-state index in [-0.39, 0.29) is 0 Å². The van der Waals surface area contributed by atoms with Gasteiger partial charge >= 0.3 is 0 Å². The van der Waals surface area contributed by atoms with E-state index < -0.39 is 0 Å². The molecule has 1 N–H and O–H groups in total. The van der Waals surface area contributed by atoms with Gasteiger partial charge in [0.05, 0.1) is 17.4 Å². The molecule has 2 heterocycles. The Kier molecular flexibility index (Phi) is 3.05. The lowest BCUT2D eigenvalue weighted by Gasteiger charge is -2.08. The van der Waals surface area contributed by atoms with E-state index >= 15 is 0 Å². The van der Waals surface area contributed by atoms with Gasteiger partial charge in [-0.2, -0.15) is 10.4 Å². The van der Waals surface area contributed by atoms with Crippen LogP contribution in [-0.4, -0.2) is 15.2 Å². The number of ether oxygens (including phenoxy) is 1. The van der Waals surface area contributed by atoms with Gasteiger partial charge in [-0.25, -0.2) is 4.98 Å². The van der Waals surface area contributed by atoms with Gasteiger partial charge in [0.25, 0.3) is 0 Å². The maximum atomic E-state index is 9.31. The molecule has 5 heteroatoms. The summed E-state index contributed by atoms with van der Waals surface area (Å²) in [4.78, 5) is 4.34. The molecule has 0 aliphatic heterocycles. The number of nitrogens with zero attached hydrogens (tertiary/aromatic N) is 3. The molecule has 0 aliphatic rings. The van der Waals surface area contributed by atoms with Crippen LogP contribution in [0.3, 0.4) is 0 Å². The van der Waals surface area contributed by atoms with E-state index in [4.69, 9.17) is 4.74 Å². The molecule has 0 unspecified atom stereocenters. The standard InChI is InChI=1S/C15H12N4O/c1-10-14-13(8-17-19-14)12(7-16)15(18-10)20-9-11-5-3-2-4-6-11/h2-6,8H,9H2,1H3,(H,17,19). The summed E-state index contributed by atoms with van der Waals surface area (Å²) in [6.45, 7) is 2.24. The molecule has 0 fully saturated rings. The van der Waals surface area contributed by atoms with Gasteiger partial charge < -0.3 is 4.74 Å². The van der Waals surface area contributed by atoms with Crippen LogP contribution in [0.4, 0.5) is 0 Å². The third-order valence-electron chi connectivity index (χ3n) is 3.08. The molecule has 5 nitrogen and oxygen atoms in total. The molecule has 0 radical (unpaired) electrons. The number of nitriles is 1. The lowest BCUT2D eigenvalue weighted by Crippen LogP contribution is -2.01. The minimum atomic E-state index is 0.350. The van der Waals surface area contributed by atoms with E-state index in [1.807, 2.05) is 37.3 Å². The second-order valence-electron chi connectivity index (χ2n) is 4.42. The number of benzene rings is 1. The van der Waals surface area contributed by atoms with Crippen molar-refractivity contribution in [3.63, 3.8) is 0 Å². The summed E-state index contributed by atoms with van der Waals surface area (Å²) in [7, 11) is 0. The van der Waals surface area contributed by atoms with Gasteiger partial charge in [-0.1, -0.05) is 30.3 Å². The van der Waals surface area contributed by atoms with Gasteiger partial charge in [-0.15, -0.1) is 0 Å². The van der Waals surface area contributed by atoms with Crippen molar-refractivity contribution in [3.8, 4) is 11.9 Å². The van der Waals surface area contributed by atoms with Gasteiger partial charge in [0.2, 0.25) is 5.88 Å². The van der Waals surface area contributed by atoms with Crippen LogP contribution in [0.15, 0.2) is 36.5 Å². The Bertz CT molecular complexity index is 787. The van der Waals surface area contributed by atoms with Gasteiger partial charge in [0.15, 0.2) is 0 Å². The third kappa shape index (κ3) is 2.08. The molecular formula is C15H12N4O. The van der Waals surface area contributed by atoms with Crippen molar-refractivity contribution in [1.29, 1.82) is 5.26 Å². The van der Waals surface area contributed by atoms with Crippen LogP contribution in [0.1, 0.15) is 16.8 Å². The first-order valence-corrected chi connectivity index (χ1v) is 6.20. The predicted molar refractivity (Wildman–Crippen MR) is 74.1 cm³/mol. The van der Waals surface area contributed by atoms with Crippen molar-refractivity contribution >= 4 is 10.9 Å². The SMILES string of the molecule is Cc1nc(OCc2ccccc2)c(C#N)c2cn[nH]c12. The van der Waals surface area contributed by atoms with Crippen molar-refractivity contribution in [2.45, 2.75) is 13.5 Å². The van der Waals surface area contributed by atoms with E-state index in [0.717, 1.165) is 22.2 Å². The van der Waals surface area contributed by atoms with Gasteiger partial charge in [0, 0.05) is 5.39 Å². The fourth-order valence-corrected chi connectivity index (χ4v) is 2.07. The molecule has 0 amide bonds. The Morgan fingerprint density at radius 2 is 2.10 bits per heavy atom. The second kappa shape index (κ2) is 5.02. The summed E-state index contributed by atoms with van der Waals surface area (Å²) in [5.41, 5.74) is 2.98. The fourth-order valence-electron chi connectivity index (χ4n) is 2.07. The fraction of sp³-hybridized carbons (Fsp3) is 0.133. The van der Waals surface area contributed by atoms with Gasteiger partial charge in [-0.3, -0.25) is 5.10 Å². The molecule has 0 saturated heterocycles. The van der Waals surface area contributed by atoms with Crippen LogP contribution in [-0.2, 0) is 6.61 Å². The van der Waals surface area contributed by atoms with E-state index in [2.05, 4.69) is 21.3 Å². The zero-order valence-electron chi connectivity index (χ0n) is 10.9. The topological polar surface area (TPSA) is 74.6 Å². The second-order valence-corrected chi connectivity index (χ2v) is 4.42. The van der Waals surface area contributed by atoms with Crippen molar-refractivity contribution in [1.82, 2.24) is 15.2 Å². The molecule has 0 saturated carbocycles. The van der Waals surface area contributed by atoms with Crippen LogP contribution in [0, 0.1) is 18.3 Å². The minimum Gasteiger partial charge on any atom is -0.472 e. The summed E-state index contributed by atoms with van der Waals surface area (Å²) in [6, 6.07) is 11.9. The zero-order chi connectivity index (χ0) is 13.9. The largest absolute Gasteiger partial charge is 0.472 e. The number of aromatic nitrogens is 3. The van der Waals surface area contributed by atoms with Crippen LogP contribution in [0.25, 0.3) is 10.9 Å². The van der Waals surface area contributed by atoms with Gasteiger partial charge in [-0.05, 0) is 12.5 Å². The Morgan fingerprint density at radius 3 is 2.85 bits per heavy atom. The summed E-state index contributed by atoms with van der Waals surface area (Å²) in [5, 5.41) is 16.9. The smallest absolute Gasteiger partial charge is 0.233 e. The molecule has 20 heavy (non-hydrogen) atoms. The lowest BCUT2D eigenvalue weighted by molar-refractivity contribution is 0.293. The first-order valence-electron chi connectivity index (χ1n) is 6.20. The molecule has 2 aromatic heterocycles. The quantitative estimate of drug-likeness (QED) is 0.789. The summed E-state index contributed by atoms with van der Waals surface area (Å²) in [5.74, 6) is 0.350. The van der Waals surface area contributed by atoms with Gasteiger partial charge in [0.1, 0.15) is 18.2 Å². The zero-order valence-corrected chi connectivity index (χ0v) is 10.9. The Labute approximate surface area is 115 Å². The van der Waals surface area contributed by atoms with Crippen LogP contribution in [0.5, 0.6) is 5.88 Å². The lowest BCUT2D eigenvalue weighted by atomic mass is 10.1. The van der Waals surface area contributed by atoms with Crippen LogP contribution >= 0.6 is 0 Å². The predicted octanol–water partition coefficient (Wildman–Crippen LogP) is 2.72. The van der Waals surface area contributed by atoms with E-state index in [1.165, 1.54) is 0 Å². The molecule has 0 bridgehead atoms. The first-order chi connectivity index (χ1) is 9.79. The Balaban J connectivity index is 1.97. The van der Waals surface area contributed by atoms with E-state index in [1.54, 1.807) is 6.20 Å². The number of H-pyrrole nitrogens is 1. The highest BCUT2D eigenvalue weighted by atomic mass is 16.5. The van der Waals surface area contributed by atoms with E-state index in [9.17, 15) is 5.26 Å². The minimum absolute atomic E-state index is 0.350. The number of pyridine rings is 1. The van der Waals surface area contributed by atoms with Crippen LogP contribution in [0.2, 0.25) is 0 Å².